The standard InChI is InChI=1S/C78H44N10/c79-44-56-19-7-11-23-60(56)51-27-32-71-66(39-51)67-40-52(61-24-12-8-20-57(61)45-80)28-33-72(67)87(71)70-36-31-55(78-85-76(49-15-3-1-4-16-49)84-77(86-78)50-17-5-2-6-18-50)43-65(70)64-37-38-83-48-75(64)88-73-34-29-53(62-25-13-9-21-58(62)46-81)41-68(73)69-42-54(30-35-74(69)88)63-26-14-10-22-59(63)47-82/h1-43,48H. The average Bonchev–Trinajstić information content (AvgIpc) is 1.61. The van der Waals surface area contributed by atoms with Crippen molar-refractivity contribution in [3.05, 3.63) is 289 Å². The zero-order valence-corrected chi connectivity index (χ0v) is 46.9. The Labute approximate surface area is 505 Å². The summed E-state index contributed by atoms with van der Waals surface area (Å²) in [6.07, 6.45) is 3.74. The van der Waals surface area contributed by atoms with E-state index < -0.39 is 0 Å². The molecule has 0 N–H and O–H groups in total. The Balaban J connectivity index is 1.03. The van der Waals surface area contributed by atoms with Crippen LogP contribution in [0.5, 0.6) is 0 Å². The monoisotopic (exact) mass is 1120 g/mol. The largest absolute Gasteiger partial charge is 0.309 e. The fraction of sp³-hybridized carbons (Fsp3) is 0. The molecule has 0 spiro atoms. The van der Waals surface area contributed by atoms with E-state index in [4.69, 9.17) is 19.9 Å². The number of aromatic nitrogens is 6. The lowest BCUT2D eigenvalue weighted by molar-refractivity contribution is 1.07. The molecule has 0 unspecified atom stereocenters. The van der Waals surface area contributed by atoms with Crippen LogP contribution < -0.4 is 0 Å². The van der Waals surface area contributed by atoms with E-state index in [1.54, 1.807) is 0 Å². The topological polar surface area (TPSA) is 157 Å². The van der Waals surface area contributed by atoms with Crippen LogP contribution in [0.3, 0.4) is 0 Å². The minimum absolute atomic E-state index is 0.479. The fourth-order valence-corrected chi connectivity index (χ4v) is 12.4. The molecule has 0 aliphatic rings. The highest BCUT2D eigenvalue weighted by Crippen LogP contribution is 2.45. The van der Waals surface area contributed by atoms with Crippen molar-refractivity contribution in [2.75, 3.05) is 0 Å². The van der Waals surface area contributed by atoms with Gasteiger partial charge in [0.1, 0.15) is 0 Å². The van der Waals surface area contributed by atoms with E-state index in [0.717, 1.165) is 127 Å². The first-order valence-electron chi connectivity index (χ1n) is 28.6. The molecule has 0 radical (unpaired) electrons. The summed E-state index contributed by atoms with van der Waals surface area (Å²) >= 11 is 0. The molecule has 10 nitrogen and oxygen atoms in total. The smallest absolute Gasteiger partial charge is 0.164 e. The van der Waals surface area contributed by atoms with E-state index in [1.165, 1.54) is 0 Å². The van der Waals surface area contributed by atoms with Gasteiger partial charge in [-0.05, 0) is 142 Å². The van der Waals surface area contributed by atoms with Gasteiger partial charge in [-0.2, -0.15) is 21.0 Å². The normalized spacial score (nSPS) is 11.1. The van der Waals surface area contributed by atoms with Gasteiger partial charge in [-0.1, -0.05) is 158 Å². The molecular weight excluding hydrogens is 1080 g/mol. The Morgan fingerprint density at radius 3 is 0.966 bits per heavy atom. The van der Waals surface area contributed by atoms with Crippen molar-refractivity contribution in [3.8, 4) is 125 Å². The predicted molar refractivity (Wildman–Crippen MR) is 349 cm³/mol. The second-order valence-corrected chi connectivity index (χ2v) is 21.4. The predicted octanol–water partition coefficient (Wildman–Crippen LogP) is 18.3. The van der Waals surface area contributed by atoms with Gasteiger partial charge in [0.05, 0.1) is 86.2 Å². The molecular formula is C78H44N10. The van der Waals surface area contributed by atoms with Crippen LogP contribution in [0.25, 0.3) is 145 Å². The second kappa shape index (κ2) is 21.7. The quantitative estimate of drug-likeness (QED) is 0.131. The number of nitrogens with zero attached hydrogens (tertiary/aromatic N) is 10. The van der Waals surface area contributed by atoms with Gasteiger partial charge in [0.15, 0.2) is 17.5 Å². The zero-order chi connectivity index (χ0) is 59.2. The first-order valence-corrected chi connectivity index (χ1v) is 28.6. The van der Waals surface area contributed by atoms with Crippen molar-refractivity contribution < 1.29 is 0 Å². The molecule has 10 heteroatoms. The summed E-state index contributed by atoms with van der Waals surface area (Å²) in [4.78, 5) is 20.5. The van der Waals surface area contributed by atoms with Crippen LogP contribution in [-0.2, 0) is 0 Å². The van der Waals surface area contributed by atoms with E-state index >= 15 is 0 Å². The first-order chi connectivity index (χ1) is 43.5. The number of nitriles is 4. The lowest BCUT2D eigenvalue weighted by atomic mass is 9.96. The number of benzene rings is 11. The molecule has 88 heavy (non-hydrogen) atoms. The van der Waals surface area contributed by atoms with Crippen molar-refractivity contribution in [1.29, 1.82) is 21.0 Å². The Kier molecular flexibility index (Phi) is 12.8. The second-order valence-electron chi connectivity index (χ2n) is 21.4. The molecule has 0 atom stereocenters. The molecule has 0 bridgehead atoms. The average molecular weight is 1120 g/mol. The highest BCUT2D eigenvalue weighted by Gasteiger charge is 2.25. The minimum atomic E-state index is 0.479. The zero-order valence-electron chi connectivity index (χ0n) is 46.9. The molecule has 4 aromatic heterocycles. The van der Waals surface area contributed by atoms with Crippen molar-refractivity contribution in [3.63, 3.8) is 0 Å². The van der Waals surface area contributed by atoms with Gasteiger partial charge in [-0.3, -0.25) is 4.98 Å². The van der Waals surface area contributed by atoms with Crippen LogP contribution in [-0.4, -0.2) is 29.1 Å². The van der Waals surface area contributed by atoms with Crippen LogP contribution in [0.15, 0.2) is 267 Å². The summed E-state index contributed by atoms with van der Waals surface area (Å²) in [6.45, 7) is 0. The summed E-state index contributed by atoms with van der Waals surface area (Å²) in [5.74, 6) is 1.54. The molecule has 0 fully saturated rings. The van der Waals surface area contributed by atoms with Crippen LogP contribution in [0.1, 0.15) is 22.3 Å². The third-order valence-electron chi connectivity index (χ3n) is 16.5. The number of fused-ring (bicyclic) bond motifs is 6. The van der Waals surface area contributed by atoms with Gasteiger partial charge in [0.25, 0.3) is 0 Å². The molecule has 0 amide bonds. The van der Waals surface area contributed by atoms with Crippen molar-refractivity contribution in [2.45, 2.75) is 0 Å². The van der Waals surface area contributed by atoms with Gasteiger partial charge in [-0.25, -0.2) is 15.0 Å². The van der Waals surface area contributed by atoms with Crippen LogP contribution in [0.4, 0.5) is 0 Å². The summed E-state index contributed by atoms with van der Waals surface area (Å²) < 4.78 is 4.56. The number of hydrogen-bond acceptors (Lipinski definition) is 8. The summed E-state index contributed by atoms with van der Waals surface area (Å²) in [6, 6.07) is 94.0. The molecule has 406 valence electrons. The Morgan fingerprint density at radius 2 is 0.591 bits per heavy atom. The van der Waals surface area contributed by atoms with Gasteiger partial charge in [-0.15, -0.1) is 0 Å². The van der Waals surface area contributed by atoms with Crippen molar-refractivity contribution in [1.82, 2.24) is 29.1 Å². The first kappa shape index (κ1) is 52.0. The maximum atomic E-state index is 10.4. The SMILES string of the molecule is N#Cc1ccccc1-c1ccc2c(c1)c1cc(-c3ccccc3C#N)ccc1n2-c1ccc(-c2nc(-c3ccccc3)nc(-c3ccccc3)n2)cc1-c1ccncc1-n1c2ccc(-c3ccccc3C#N)cc2c2cc(-c3ccccc3C#N)ccc21. The Hall–Kier alpha value is -12.9. The lowest BCUT2D eigenvalue weighted by Gasteiger charge is -2.19. The van der Waals surface area contributed by atoms with E-state index in [-0.39, 0.29) is 0 Å². The van der Waals surface area contributed by atoms with Crippen LogP contribution in [0.2, 0.25) is 0 Å². The number of pyridine rings is 1. The summed E-state index contributed by atoms with van der Waals surface area (Å²) in [7, 11) is 0. The molecule has 15 rings (SSSR count). The van der Waals surface area contributed by atoms with Crippen molar-refractivity contribution in [2.24, 2.45) is 0 Å². The van der Waals surface area contributed by atoms with Gasteiger partial charge < -0.3 is 9.13 Å². The summed E-state index contributed by atoms with van der Waals surface area (Å²) in [5, 5.41) is 45.2. The van der Waals surface area contributed by atoms with E-state index in [9.17, 15) is 21.0 Å². The number of rotatable bonds is 10. The van der Waals surface area contributed by atoms with E-state index in [0.29, 0.717) is 39.7 Å². The highest BCUT2D eigenvalue weighted by atomic mass is 15.0. The third-order valence-corrected chi connectivity index (χ3v) is 16.5. The van der Waals surface area contributed by atoms with Gasteiger partial charge in [0.2, 0.25) is 0 Å². The molecule has 0 aliphatic carbocycles. The highest BCUT2D eigenvalue weighted by molar-refractivity contribution is 6.14. The molecule has 0 saturated carbocycles. The maximum Gasteiger partial charge on any atom is 0.164 e. The molecule has 15 aromatic rings. The van der Waals surface area contributed by atoms with Crippen LogP contribution in [0, 0.1) is 45.3 Å². The van der Waals surface area contributed by atoms with E-state index in [1.807, 2.05) is 170 Å². The van der Waals surface area contributed by atoms with Gasteiger partial charge in [0, 0.05) is 55.6 Å². The molecule has 0 saturated heterocycles. The fourth-order valence-electron chi connectivity index (χ4n) is 12.4. The van der Waals surface area contributed by atoms with Crippen molar-refractivity contribution >= 4 is 43.6 Å². The molecule has 4 heterocycles. The summed E-state index contributed by atoms with van der Waals surface area (Å²) in [5.41, 5.74) is 18.5. The Morgan fingerprint density at radius 1 is 0.261 bits per heavy atom. The third kappa shape index (κ3) is 8.87. The number of hydrogen-bond donors (Lipinski definition) is 0. The van der Waals surface area contributed by atoms with Gasteiger partial charge >= 0.3 is 0 Å². The van der Waals surface area contributed by atoms with E-state index in [2.05, 4.69) is 130 Å². The Bertz CT molecular complexity index is 5230. The van der Waals surface area contributed by atoms with Crippen LogP contribution >= 0.6 is 0 Å². The lowest BCUT2D eigenvalue weighted by Crippen LogP contribution is -2.04. The minimum Gasteiger partial charge on any atom is -0.309 e. The maximum absolute atomic E-state index is 10.4. The molecule has 11 aromatic carbocycles. The molecule has 0 aliphatic heterocycles.